The van der Waals surface area contributed by atoms with Gasteiger partial charge in [0.05, 0.1) is 6.54 Å². The van der Waals surface area contributed by atoms with Crippen molar-refractivity contribution in [2.24, 2.45) is 5.92 Å². The summed E-state index contributed by atoms with van der Waals surface area (Å²) in [5.74, 6) is 0.490. The molecule has 188 valence electrons. The van der Waals surface area contributed by atoms with E-state index in [0.717, 1.165) is 61.6 Å². The number of amides is 2. The smallest absolute Gasteiger partial charge is 0.237 e. The Hall–Kier alpha value is -2.41. The number of carbonyl (C=O) groups excluding carboxylic acids is 2. The standard InChI is InChI=1S/C28H37ClN4O2/c1-30(2)21-27(34)32-17-5-15-31(19-22-9-13-25(29)14-10-22)16-6-18-33(28(35)23-11-12-23)26-8-4-3-7-24(26)20-32/h3-4,7-10,13-14,23H,5-6,11-12,15-21H2,1-2H3. The Kier molecular flexibility index (Phi) is 8.82. The Labute approximate surface area is 214 Å². The molecule has 2 aliphatic rings. The van der Waals surface area contributed by atoms with Crippen LogP contribution in [0.2, 0.25) is 5.02 Å². The van der Waals surface area contributed by atoms with Crippen molar-refractivity contribution in [2.75, 3.05) is 51.7 Å². The van der Waals surface area contributed by atoms with Gasteiger partial charge in [-0.15, -0.1) is 0 Å². The largest absolute Gasteiger partial charge is 0.337 e. The number of hydrogen-bond acceptors (Lipinski definition) is 4. The minimum atomic E-state index is 0.117. The summed E-state index contributed by atoms with van der Waals surface area (Å²) in [6.07, 6.45) is 3.77. The average Bonchev–Trinajstić information content (AvgIpc) is 3.67. The molecule has 0 N–H and O–H groups in total. The van der Waals surface area contributed by atoms with Gasteiger partial charge in [0.1, 0.15) is 0 Å². The molecule has 0 unspecified atom stereocenters. The molecule has 0 atom stereocenters. The first-order chi connectivity index (χ1) is 16.9. The maximum absolute atomic E-state index is 13.3. The third kappa shape index (κ3) is 7.29. The monoisotopic (exact) mass is 496 g/mol. The predicted octanol–water partition coefficient (Wildman–Crippen LogP) is 4.27. The van der Waals surface area contributed by atoms with E-state index in [0.29, 0.717) is 26.2 Å². The van der Waals surface area contributed by atoms with Gasteiger partial charge in [-0.25, -0.2) is 0 Å². The fraction of sp³-hybridized carbons (Fsp3) is 0.500. The van der Waals surface area contributed by atoms with E-state index in [2.05, 4.69) is 23.1 Å². The van der Waals surface area contributed by atoms with Crippen LogP contribution in [0.1, 0.15) is 36.8 Å². The van der Waals surface area contributed by atoms with Gasteiger partial charge in [0.15, 0.2) is 0 Å². The summed E-state index contributed by atoms with van der Waals surface area (Å²) in [5.41, 5.74) is 3.22. The number of rotatable bonds is 5. The number of nitrogens with zero attached hydrogens (tertiary/aromatic N) is 4. The second-order valence-electron chi connectivity index (χ2n) is 10.1. The van der Waals surface area contributed by atoms with Crippen molar-refractivity contribution in [2.45, 2.75) is 38.8 Å². The van der Waals surface area contributed by atoms with Gasteiger partial charge in [-0.3, -0.25) is 14.5 Å². The zero-order chi connectivity index (χ0) is 24.8. The predicted molar refractivity (Wildman–Crippen MR) is 141 cm³/mol. The van der Waals surface area contributed by atoms with Crippen LogP contribution in [0.5, 0.6) is 0 Å². The first-order valence-corrected chi connectivity index (χ1v) is 13.1. The van der Waals surface area contributed by atoms with Gasteiger partial charge in [-0.2, -0.15) is 0 Å². The highest BCUT2D eigenvalue weighted by molar-refractivity contribution is 6.30. The summed E-state index contributed by atoms with van der Waals surface area (Å²) in [5, 5.41) is 0.741. The van der Waals surface area contributed by atoms with Crippen molar-refractivity contribution in [3.05, 3.63) is 64.7 Å². The van der Waals surface area contributed by atoms with E-state index in [1.165, 1.54) is 5.56 Å². The molecular formula is C28H37ClN4O2. The number of benzene rings is 2. The maximum atomic E-state index is 13.3. The molecule has 0 saturated heterocycles. The first kappa shape index (κ1) is 25.7. The number of fused-ring (bicyclic) bond motifs is 1. The Bertz CT molecular complexity index is 1010. The van der Waals surface area contributed by atoms with Gasteiger partial charge in [0.25, 0.3) is 0 Å². The highest BCUT2D eigenvalue weighted by atomic mass is 35.5. The second-order valence-corrected chi connectivity index (χ2v) is 10.5. The van der Waals surface area contributed by atoms with Gasteiger partial charge in [-0.05, 0) is 69.1 Å². The van der Waals surface area contributed by atoms with E-state index >= 15 is 0 Å². The van der Waals surface area contributed by atoms with Crippen LogP contribution in [0.3, 0.4) is 0 Å². The molecule has 1 saturated carbocycles. The highest BCUT2D eigenvalue weighted by Crippen LogP contribution is 2.34. The van der Waals surface area contributed by atoms with Crippen LogP contribution < -0.4 is 4.90 Å². The molecule has 0 spiro atoms. The fourth-order valence-corrected chi connectivity index (χ4v) is 4.86. The number of para-hydroxylation sites is 1. The van der Waals surface area contributed by atoms with Crippen LogP contribution in [-0.4, -0.2) is 73.3 Å². The molecule has 1 heterocycles. The van der Waals surface area contributed by atoms with Crippen molar-refractivity contribution >= 4 is 29.1 Å². The molecule has 1 fully saturated rings. The van der Waals surface area contributed by atoms with Crippen LogP contribution in [0.15, 0.2) is 48.5 Å². The third-order valence-electron chi connectivity index (χ3n) is 6.72. The van der Waals surface area contributed by atoms with E-state index in [4.69, 9.17) is 11.6 Å². The summed E-state index contributed by atoms with van der Waals surface area (Å²) in [4.78, 5) is 34.8. The molecule has 4 rings (SSSR count). The molecular weight excluding hydrogens is 460 g/mol. The molecule has 1 aliphatic heterocycles. The summed E-state index contributed by atoms with van der Waals surface area (Å²) in [6.45, 7) is 4.90. The third-order valence-corrected chi connectivity index (χ3v) is 6.97. The lowest BCUT2D eigenvalue weighted by molar-refractivity contribution is -0.132. The van der Waals surface area contributed by atoms with Crippen molar-refractivity contribution in [3.63, 3.8) is 0 Å². The van der Waals surface area contributed by atoms with Crippen molar-refractivity contribution < 1.29 is 9.59 Å². The number of hydrogen-bond donors (Lipinski definition) is 0. The average molecular weight is 497 g/mol. The molecule has 2 amide bonds. The second kappa shape index (κ2) is 12.0. The molecule has 0 aromatic heterocycles. The summed E-state index contributed by atoms with van der Waals surface area (Å²) < 4.78 is 0. The molecule has 0 bridgehead atoms. The summed E-state index contributed by atoms with van der Waals surface area (Å²) >= 11 is 6.08. The zero-order valence-electron chi connectivity index (χ0n) is 21.0. The molecule has 1 aliphatic carbocycles. The van der Waals surface area contributed by atoms with Crippen LogP contribution in [-0.2, 0) is 22.7 Å². The number of halogens is 1. The molecule has 6 nitrogen and oxygen atoms in total. The highest BCUT2D eigenvalue weighted by Gasteiger charge is 2.35. The topological polar surface area (TPSA) is 47.1 Å². The lowest BCUT2D eigenvalue weighted by atomic mass is 10.1. The Morgan fingerprint density at radius 3 is 2.31 bits per heavy atom. The molecule has 7 heteroatoms. The molecule has 0 radical (unpaired) electrons. The lowest BCUT2D eigenvalue weighted by Crippen LogP contribution is -2.41. The van der Waals surface area contributed by atoms with Crippen LogP contribution in [0.25, 0.3) is 0 Å². The van der Waals surface area contributed by atoms with Crippen LogP contribution in [0, 0.1) is 5.92 Å². The molecule has 2 aromatic carbocycles. The Balaban J connectivity index is 1.59. The van der Waals surface area contributed by atoms with Gasteiger partial charge >= 0.3 is 0 Å². The van der Waals surface area contributed by atoms with Gasteiger partial charge in [0, 0.05) is 55.9 Å². The summed E-state index contributed by atoms with van der Waals surface area (Å²) in [7, 11) is 3.85. The molecule has 35 heavy (non-hydrogen) atoms. The number of anilines is 1. The zero-order valence-corrected chi connectivity index (χ0v) is 21.7. The van der Waals surface area contributed by atoms with E-state index < -0.39 is 0 Å². The Morgan fingerprint density at radius 2 is 1.63 bits per heavy atom. The van der Waals surface area contributed by atoms with E-state index in [9.17, 15) is 9.59 Å². The normalized spacial score (nSPS) is 18.1. The molecule has 2 aromatic rings. The van der Waals surface area contributed by atoms with Crippen LogP contribution >= 0.6 is 11.6 Å². The summed E-state index contributed by atoms with van der Waals surface area (Å²) in [6, 6.07) is 16.1. The van der Waals surface area contributed by atoms with Crippen molar-refractivity contribution in [1.82, 2.24) is 14.7 Å². The first-order valence-electron chi connectivity index (χ1n) is 12.7. The number of carbonyl (C=O) groups is 2. The van der Waals surface area contributed by atoms with E-state index in [-0.39, 0.29) is 17.7 Å². The number of likely N-dealkylation sites (N-methyl/N-ethyl adjacent to an activating group) is 1. The minimum absolute atomic E-state index is 0.117. The van der Waals surface area contributed by atoms with Crippen LogP contribution in [0.4, 0.5) is 5.69 Å². The van der Waals surface area contributed by atoms with Crippen molar-refractivity contribution in [1.29, 1.82) is 0 Å². The van der Waals surface area contributed by atoms with Crippen molar-refractivity contribution in [3.8, 4) is 0 Å². The van der Waals surface area contributed by atoms with Gasteiger partial charge in [0.2, 0.25) is 11.8 Å². The fourth-order valence-electron chi connectivity index (χ4n) is 4.73. The maximum Gasteiger partial charge on any atom is 0.237 e. The SMILES string of the molecule is CN(C)CC(=O)N1CCCN(Cc2ccc(Cl)cc2)CCCN(C(=O)C2CC2)c2ccccc2C1. The van der Waals surface area contributed by atoms with Gasteiger partial charge in [-0.1, -0.05) is 41.9 Å². The van der Waals surface area contributed by atoms with E-state index in [1.54, 1.807) is 0 Å². The van der Waals surface area contributed by atoms with Gasteiger partial charge < -0.3 is 14.7 Å². The quantitative estimate of drug-likeness (QED) is 0.620. The lowest BCUT2D eigenvalue weighted by Gasteiger charge is -2.32. The van der Waals surface area contributed by atoms with E-state index in [1.807, 2.05) is 59.1 Å². The minimum Gasteiger partial charge on any atom is -0.337 e. The Morgan fingerprint density at radius 1 is 0.943 bits per heavy atom.